The Labute approximate surface area is 197 Å². The molecule has 1 N–H and O–H groups in total. The molecular weight excluding hydrogens is 469 g/mol. The zero-order valence-electron chi connectivity index (χ0n) is 16.9. The van der Waals surface area contributed by atoms with Crippen molar-refractivity contribution in [3.8, 4) is 5.75 Å². The summed E-state index contributed by atoms with van der Waals surface area (Å²) in [6.07, 6.45) is 2.01. The summed E-state index contributed by atoms with van der Waals surface area (Å²) in [7, 11) is 0. The Bertz CT molecular complexity index is 1200. The van der Waals surface area contributed by atoms with Crippen molar-refractivity contribution in [3.05, 3.63) is 70.3 Å². The van der Waals surface area contributed by atoms with E-state index in [0.29, 0.717) is 15.6 Å². The summed E-state index contributed by atoms with van der Waals surface area (Å²) in [5.41, 5.74) is 0.561. The molecule has 1 saturated heterocycles. The van der Waals surface area contributed by atoms with Gasteiger partial charge in [-0.1, -0.05) is 22.9 Å². The molecule has 0 atom stereocenters. The van der Waals surface area contributed by atoms with Crippen molar-refractivity contribution in [2.45, 2.75) is 18.9 Å². The Balaban J connectivity index is 1.19. The van der Waals surface area contributed by atoms with E-state index in [0.717, 1.165) is 46.3 Å². The third-order valence-corrected chi connectivity index (χ3v) is 7.70. The van der Waals surface area contributed by atoms with Gasteiger partial charge in [-0.2, -0.15) is 0 Å². The molecule has 1 amide bonds. The fourth-order valence-electron chi connectivity index (χ4n) is 3.57. The SMILES string of the molecule is O=C(Nc1ccc(F)cc1)c1cc2sc(N3CCC(Oc4ccc(Cl)cc4)CC3)nc2s1. The van der Waals surface area contributed by atoms with E-state index in [9.17, 15) is 9.18 Å². The second-order valence-electron chi connectivity index (χ2n) is 7.50. The molecule has 0 bridgehead atoms. The van der Waals surface area contributed by atoms with Gasteiger partial charge in [0, 0.05) is 36.6 Å². The number of piperidine rings is 1. The Kier molecular flexibility index (Phi) is 5.99. The number of ether oxygens (including phenoxy) is 1. The van der Waals surface area contributed by atoms with Crippen LogP contribution in [0.5, 0.6) is 5.75 Å². The van der Waals surface area contributed by atoms with Gasteiger partial charge < -0.3 is 15.0 Å². The van der Waals surface area contributed by atoms with E-state index in [1.54, 1.807) is 23.5 Å². The molecule has 2 aromatic carbocycles. The maximum absolute atomic E-state index is 13.0. The number of rotatable bonds is 5. The Morgan fingerprint density at radius 1 is 1.09 bits per heavy atom. The first-order valence-corrected chi connectivity index (χ1v) is 12.2. The number of carbonyl (C=O) groups is 1. The minimum atomic E-state index is -0.336. The van der Waals surface area contributed by atoms with Gasteiger partial charge in [-0.05, 0) is 54.6 Å². The standard InChI is InChI=1S/C23H19ClFN3O2S2/c24-14-1-7-17(8-2-14)30-18-9-11-28(12-10-18)23-27-22-20(32-23)13-19(31-22)21(29)26-16-5-3-15(25)4-6-16/h1-8,13,18H,9-12H2,(H,26,29). The highest BCUT2D eigenvalue weighted by Gasteiger charge is 2.24. The van der Waals surface area contributed by atoms with Crippen molar-refractivity contribution in [1.29, 1.82) is 0 Å². The molecule has 1 aliphatic heterocycles. The molecular formula is C23H19ClFN3O2S2. The molecule has 9 heteroatoms. The largest absolute Gasteiger partial charge is 0.490 e. The van der Waals surface area contributed by atoms with Crippen LogP contribution >= 0.6 is 34.3 Å². The van der Waals surface area contributed by atoms with Crippen LogP contribution in [0.15, 0.2) is 54.6 Å². The average Bonchev–Trinajstić information content (AvgIpc) is 3.37. The molecule has 164 valence electrons. The monoisotopic (exact) mass is 487 g/mol. The van der Waals surface area contributed by atoms with Gasteiger partial charge in [0.1, 0.15) is 22.5 Å². The van der Waals surface area contributed by atoms with Crippen LogP contribution in [0.3, 0.4) is 0 Å². The molecule has 32 heavy (non-hydrogen) atoms. The van der Waals surface area contributed by atoms with Crippen molar-refractivity contribution >= 4 is 60.5 Å². The van der Waals surface area contributed by atoms with Gasteiger partial charge >= 0.3 is 0 Å². The van der Waals surface area contributed by atoms with Crippen molar-refractivity contribution in [1.82, 2.24) is 4.98 Å². The number of benzene rings is 2. The van der Waals surface area contributed by atoms with Crippen molar-refractivity contribution in [3.63, 3.8) is 0 Å². The molecule has 0 spiro atoms. The minimum absolute atomic E-state index is 0.176. The molecule has 1 fully saturated rings. The predicted octanol–water partition coefficient (Wildman–Crippen LogP) is 6.45. The molecule has 5 rings (SSSR count). The molecule has 4 aromatic rings. The first kappa shape index (κ1) is 21.2. The van der Waals surface area contributed by atoms with Gasteiger partial charge in [0.15, 0.2) is 5.13 Å². The lowest BCUT2D eigenvalue weighted by Crippen LogP contribution is -2.38. The van der Waals surface area contributed by atoms with Crippen LogP contribution < -0.4 is 15.0 Å². The predicted molar refractivity (Wildman–Crippen MR) is 129 cm³/mol. The summed E-state index contributed by atoms with van der Waals surface area (Å²) in [5, 5.41) is 4.47. The Morgan fingerprint density at radius 2 is 1.81 bits per heavy atom. The number of thiazole rings is 1. The van der Waals surface area contributed by atoms with E-state index >= 15 is 0 Å². The van der Waals surface area contributed by atoms with E-state index in [2.05, 4.69) is 10.2 Å². The second kappa shape index (κ2) is 9.05. The van der Waals surface area contributed by atoms with E-state index in [4.69, 9.17) is 21.3 Å². The number of fused-ring (bicyclic) bond motifs is 1. The van der Waals surface area contributed by atoms with Crippen molar-refractivity contribution in [2.24, 2.45) is 0 Å². The number of hydrogen-bond donors (Lipinski definition) is 1. The normalized spacial score (nSPS) is 14.6. The van der Waals surface area contributed by atoms with Crippen LogP contribution in [0, 0.1) is 5.82 Å². The third-order valence-electron chi connectivity index (χ3n) is 5.23. The topological polar surface area (TPSA) is 54.5 Å². The summed E-state index contributed by atoms with van der Waals surface area (Å²) >= 11 is 8.90. The number of halogens is 2. The van der Waals surface area contributed by atoms with Crippen LogP contribution in [0.2, 0.25) is 5.02 Å². The number of aromatic nitrogens is 1. The maximum atomic E-state index is 13.0. The molecule has 2 aromatic heterocycles. The first-order chi connectivity index (χ1) is 15.5. The molecule has 0 aliphatic carbocycles. The number of anilines is 2. The lowest BCUT2D eigenvalue weighted by Gasteiger charge is -2.31. The van der Waals surface area contributed by atoms with Crippen LogP contribution in [-0.4, -0.2) is 30.1 Å². The fraction of sp³-hybridized carbons (Fsp3) is 0.217. The highest BCUT2D eigenvalue weighted by molar-refractivity contribution is 7.29. The van der Waals surface area contributed by atoms with E-state index in [-0.39, 0.29) is 17.8 Å². The Hall–Kier alpha value is -2.68. The van der Waals surface area contributed by atoms with Crippen molar-refractivity contribution in [2.75, 3.05) is 23.3 Å². The van der Waals surface area contributed by atoms with Gasteiger partial charge in [-0.3, -0.25) is 4.79 Å². The lowest BCUT2D eigenvalue weighted by atomic mass is 10.1. The van der Waals surface area contributed by atoms with Gasteiger partial charge in [-0.25, -0.2) is 9.37 Å². The number of hydrogen-bond acceptors (Lipinski definition) is 6. The van der Waals surface area contributed by atoms with E-state index in [1.807, 2.05) is 30.3 Å². The van der Waals surface area contributed by atoms with E-state index < -0.39 is 0 Å². The van der Waals surface area contributed by atoms with Gasteiger partial charge in [0.2, 0.25) is 0 Å². The summed E-state index contributed by atoms with van der Waals surface area (Å²) in [5.74, 6) is 0.291. The number of nitrogens with zero attached hydrogens (tertiary/aromatic N) is 2. The third kappa shape index (κ3) is 4.72. The Morgan fingerprint density at radius 3 is 2.50 bits per heavy atom. The molecule has 3 heterocycles. The van der Waals surface area contributed by atoms with Gasteiger partial charge in [0.05, 0.1) is 9.58 Å². The number of nitrogens with one attached hydrogen (secondary N) is 1. The zero-order valence-corrected chi connectivity index (χ0v) is 19.3. The highest BCUT2D eigenvalue weighted by Crippen LogP contribution is 2.36. The summed E-state index contributed by atoms with van der Waals surface area (Å²) in [6.45, 7) is 1.74. The zero-order chi connectivity index (χ0) is 22.1. The highest BCUT2D eigenvalue weighted by atomic mass is 35.5. The molecule has 1 aliphatic rings. The van der Waals surface area contributed by atoms with Crippen LogP contribution in [0.4, 0.5) is 15.2 Å². The summed E-state index contributed by atoms with van der Waals surface area (Å²) in [4.78, 5) is 21.0. The first-order valence-electron chi connectivity index (χ1n) is 10.2. The summed E-state index contributed by atoms with van der Waals surface area (Å²) in [6, 6.07) is 15.1. The molecule has 5 nitrogen and oxygen atoms in total. The smallest absolute Gasteiger partial charge is 0.265 e. The quantitative estimate of drug-likeness (QED) is 0.351. The average molecular weight is 488 g/mol. The van der Waals surface area contributed by atoms with Crippen LogP contribution in [0.1, 0.15) is 22.5 Å². The minimum Gasteiger partial charge on any atom is -0.490 e. The van der Waals surface area contributed by atoms with E-state index in [1.165, 1.54) is 23.5 Å². The maximum Gasteiger partial charge on any atom is 0.265 e. The van der Waals surface area contributed by atoms with Crippen molar-refractivity contribution < 1.29 is 13.9 Å². The van der Waals surface area contributed by atoms with Crippen LogP contribution in [-0.2, 0) is 0 Å². The fourth-order valence-corrected chi connectivity index (χ4v) is 5.85. The number of thiophene rings is 1. The number of carbonyl (C=O) groups excluding carboxylic acids is 1. The number of amides is 1. The lowest BCUT2D eigenvalue weighted by molar-refractivity contribution is 0.103. The van der Waals surface area contributed by atoms with Crippen LogP contribution in [0.25, 0.3) is 9.53 Å². The van der Waals surface area contributed by atoms with Gasteiger partial charge in [0.25, 0.3) is 5.91 Å². The molecule has 0 radical (unpaired) electrons. The summed E-state index contributed by atoms with van der Waals surface area (Å²) < 4.78 is 20.1. The van der Waals surface area contributed by atoms with Gasteiger partial charge in [-0.15, -0.1) is 11.3 Å². The second-order valence-corrected chi connectivity index (χ2v) is 9.97. The molecule has 0 saturated carbocycles. The molecule has 0 unspecified atom stereocenters.